The van der Waals surface area contributed by atoms with E-state index in [-0.39, 0.29) is 43.4 Å². The van der Waals surface area contributed by atoms with Crippen molar-refractivity contribution in [3.05, 3.63) is 258 Å². The van der Waals surface area contributed by atoms with Gasteiger partial charge in [-0.15, -0.1) is 13.2 Å². The van der Waals surface area contributed by atoms with Crippen LogP contribution in [0.5, 0.6) is 5.75 Å². The fraction of sp³-hybridized carbons (Fsp3) is 0.235. The number of carbonyl (C=O) groups excluding carboxylic acids is 2. The summed E-state index contributed by atoms with van der Waals surface area (Å²) >= 11 is 1.23. The van der Waals surface area contributed by atoms with Crippen LogP contribution in [-0.4, -0.2) is 77.0 Å². The van der Waals surface area contributed by atoms with Gasteiger partial charge in [0.2, 0.25) is 0 Å². The summed E-state index contributed by atoms with van der Waals surface area (Å²) in [7, 11) is 1.68. The number of pyridine rings is 2. The van der Waals surface area contributed by atoms with Gasteiger partial charge in [-0.2, -0.15) is 0 Å². The Bertz CT molecular complexity index is 5080. The number of nitrogens with zero attached hydrogens (tertiary/aromatic N) is 6. The molecule has 11 nitrogen and oxygen atoms in total. The number of amides is 2. The van der Waals surface area contributed by atoms with E-state index in [0.29, 0.717) is 34.8 Å². The monoisotopic (exact) mass is 1240 g/mol. The lowest BCUT2D eigenvalue weighted by Crippen LogP contribution is -2.57. The highest BCUT2D eigenvalue weighted by Gasteiger charge is 2.45. The smallest absolute Gasteiger partial charge is 0.497 e. The summed E-state index contributed by atoms with van der Waals surface area (Å²) < 4.78 is 15.8. The summed E-state index contributed by atoms with van der Waals surface area (Å²) in [5.74, 6) is 2.50. The molecule has 10 atom stereocenters. The fourth-order valence-corrected chi connectivity index (χ4v) is 16.8. The number of piperidine rings is 6. The first-order valence-electron chi connectivity index (χ1n) is 32.3. The molecular weight excluding hydrogens is 1170 g/mol. The third kappa shape index (κ3) is 10.6. The molecule has 0 spiro atoms. The molecule has 2 aromatic heterocycles. The SMILES string of the molecule is C.C=CC1CN2CCC1CC2C(NC(=O)c1ccc(-c2cccc3cccc(-c4ccc(-c5cccc6cccc(-c7ccc(C(=O)N[C@@H](c8ccnc9ccc(OC)cc89)[C@@H]8CC9CCN8CC9C=C)cc7)c56)c5c4=[N+]=S=[N+]=5)c23)cc1)c1ccnc2ccc(C)cc12. The molecule has 7 aliphatic rings. The molecule has 4 bridgehead atoms. The minimum atomic E-state index is -0.282. The largest absolute Gasteiger partial charge is 0.700 e. The van der Waals surface area contributed by atoms with Gasteiger partial charge >= 0.3 is 22.1 Å². The van der Waals surface area contributed by atoms with Crippen LogP contribution in [0, 0.1) is 30.6 Å². The van der Waals surface area contributed by atoms with Gasteiger partial charge in [-0.25, -0.2) is 0 Å². The highest BCUT2D eigenvalue weighted by Crippen LogP contribution is 2.46. The topological polar surface area (TPSA) is 128 Å². The summed E-state index contributed by atoms with van der Waals surface area (Å²) in [5.41, 5.74) is 14.5. The van der Waals surface area contributed by atoms with Gasteiger partial charge in [-0.05, 0) is 214 Å². The molecular formula is C81H74N8O3S+2. The third-order valence-electron chi connectivity index (χ3n) is 21.0. The normalized spacial score (nSPS) is 21.4. The predicted octanol–water partition coefficient (Wildman–Crippen LogP) is 14.3. The van der Waals surface area contributed by atoms with Crippen molar-refractivity contribution in [3.63, 3.8) is 0 Å². The van der Waals surface area contributed by atoms with Crippen molar-refractivity contribution < 1.29 is 14.3 Å². The second kappa shape index (κ2) is 24.6. The molecule has 9 aromatic carbocycles. The summed E-state index contributed by atoms with van der Waals surface area (Å²) in [4.78, 5) is 44.0. The number of aromatic nitrogens is 2. The Hall–Kier alpha value is -9.90. The molecule has 8 unspecified atom stereocenters. The highest BCUT2D eigenvalue weighted by molar-refractivity contribution is 7.55. The Morgan fingerprint density at radius 3 is 1.45 bits per heavy atom. The van der Waals surface area contributed by atoms with E-state index < -0.39 is 0 Å². The van der Waals surface area contributed by atoms with Gasteiger partial charge in [0.25, 0.3) is 11.8 Å². The lowest BCUT2D eigenvalue weighted by molar-refractivity contribution is 0.00170. The van der Waals surface area contributed by atoms with E-state index in [1.807, 2.05) is 54.9 Å². The summed E-state index contributed by atoms with van der Waals surface area (Å²) in [6, 6.07) is 62.7. The Kier molecular flexibility index (Phi) is 15.7. The van der Waals surface area contributed by atoms with E-state index in [0.717, 1.165) is 173 Å². The van der Waals surface area contributed by atoms with E-state index in [2.05, 4.69) is 192 Å². The van der Waals surface area contributed by atoms with E-state index in [4.69, 9.17) is 22.8 Å². The fourth-order valence-electron chi connectivity index (χ4n) is 16.3. The van der Waals surface area contributed by atoms with Gasteiger partial charge in [0.1, 0.15) is 5.75 Å². The maximum atomic E-state index is 14.7. The first kappa shape index (κ1) is 59.4. The van der Waals surface area contributed by atoms with Crippen LogP contribution < -0.4 is 34.2 Å². The zero-order chi connectivity index (χ0) is 62.1. The van der Waals surface area contributed by atoms with Crippen molar-refractivity contribution in [3.8, 4) is 50.3 Å². The van der Waals surface area contributed by atoms with Crippen molar-refractivity contribution in [2.45, 2.75) is 64.2 Å². The molecule has 2 N–H and O–H groups in total. The Labute approximate surface area is 545 Å². The quantitative estimate of drug-likeness (QED) is 0.0773. The number of rotatable bonds is 15. The van der Waals surface area contributed by atoms with Crippen LogP contribution in [0.4, 0.5) is 0 Å². The second-order valence-electron chi connectivity index (χ2n) is 25.8. The summed E-state index contributed by atoms with van der Waals surface area (Å²) in [6.07, 6.45) is 12.2. The number of aryl methyl sites for hydroxylation is 1. The summed E-state index contributed by atoms with van der Waals surface area (Å²) in [5, 5.41) is 15.3. The van der Waals surface area contributed by atoms with Crippen LogP contribution in [0.25, 0.3) is 87.9 Å². The molecule has 7 aliphatic heterocycles. The van der Waals surface area contributed by atoms with Crippen molar-refractivity contribution >= 4 is 66.5 Å². The van der Waals surface area contributed by atoms with Gasteiger partial charge in [-0.1, -0.05) is 128 Å². The standard InChI is InChI=1S/C80H68N8O3S.CH4/c1-5-48-45-87-39-35-56(48)42-71(87)75(65-33-37-81-69-31-19-47(3)41-67(65)69)83-79(89)54-24-20-50(21-25-54)59-15-7-11-52-13-9-17-61(73(52)59)63-29-30-64(78-77(63)85-92-86-78)62-18-10-14-53-12-8-16-60(74(53)62)51-22-26-55(27-23-51)80(90)84-76(72-43-57-36-40-88(72)46-49(57)6-2)66-34-38-82-70-32-28-58(91-4)44-68(66)70;/h5-34,37-38,41,44,48-49,56-57,71-72,75-76H,1-2,35-36,39-40,42-43,45-46H2,3-4H3;1H4/p+2/t48?,49?,56?,57?,71?,72-,75?,76-;/m0./s1. The number of nitrogens with one attached hydrogen (secondary N) is 2. The van der Waals surface area contributed by atoms with E-state index >= 15 is 0 Å². The lowest BCUT2D eigenvalue weighted by atomic mass is 9.73. The molecule has 6 saturated heterocycles. The van der Waals surface area contributed by atoms with Crippen molar-refractivity contribution in [1.29, 1.82) is 0 Å². The van der Waals surface area contributed by atoms with Crippen LogP contribution in [-0.2, 0) is 11.4 Å². The lowest BCUT2D eigenvalue weighted by Gasteiger charge is -2.51. The van der Waals surface area contributed by atoms with Crippen molar-refractivity contribution in [1.82, 2.24) is 38.5 Å². The van der Waals surface area contributed by atoms with Gasteiger partial charge in [-0.3, -0.25) is 29.4 Å². The van der Waals surface area contributed by atoms with Gasteiger partial charge < -0.3 is 15.4 Å². The minimum Gasteiger partial charge on any atom is -0.497 e. The molecule has 0 radical (unpaired) electrons. The zero-order valence-corrected chi connectivity index (χ0v) is 52.5. The number of carbonyl (C=O) groups is 2. The van der Waals surface area contributed by atoms with Crippen LogP contribution in [0.3, 0.4) is 0 Å². The van der Waals surface area contributed by atoms with Crippen LogP contribution in [0.1, 0.15) is 82.6 Å². The molecule has 11 aromatic rings. The van der Waals surface area contributed by atoms with E-state index in [1.165, 1.54) is 11.4 Å². The molecule has 93 heavy (non-hydrogen) atoms. The molecule has 460 valence electrons. The molecule has 6 fully saturated rings. The Balaban J connectivity index is 0.00000716. The molecule has 0 aliphatic carbocycles. The van der Waals surface area contributed by atoms with Crippen LogP contribution in [0.2, 0.25) is 0 Å². The average Bonchev–Trinajstić information content (AvgIpc) is 1.77. The van der Waals surface area contributed by atoms with Crippen LogP contribution in [0.15, 0.2) is 220 Å². The van der Waals surface area contributed by atoms with Crippen molar-refractivity contribution in [2.75, 3.05) is 33.3 Å². The second-order valence-corrected chi connectivity index (χ2v) is 26.3. The highest BCUT2D eigenvalue weighted by atomic mass is 32.1. The van der Waals surface area contributed by atoms with Gasteiger partial charge in [0.15, 0.2) is 0 Å². The maximum Gasteiger partial charge on any atom is 0.700 e. The first-order chi connectivity index (χ1) is 45.2. The zero-order valence-electron chi connectivity index (χ0n) is 51.6. The average molecular weight is 1240 g/mol. The third-order valence-corrected chi connectivity index (χ3v) is 21.5. The molecule has 0 saturated carbocycles. The molecule has 9 heterocycles. The summed E-state index contributed by atoms with van der Waals surface area (Å²) in [6.45, 7) is 14.4. The van der Waals surface area contributed by atoms with Gasteiger partial charge in [0, 0.05) is 59.5 Å². The molecule has 18 rings (SSSR count). The number of methoxy groups -OCH3 is 1. The maximum absolute atomic E-state index is 14.7. The number of ether oxygens (including phenoxy) is 1. The van der Waals surface area contributed by atoms with Gasteiger partial charge in [0.05, 0.1) is 49.4 Å². The van der Waals surface area contributed by atoms with E-state index in [1.54, 1.807) is 7.11 Å². The number of fused-ring (bicyclic) bond motifs is 11. The van der Waals surface area contributed by atoms with E-state index in [9.17, 15) is 9.59 Å². The number of hydrogen-bond donors (Lipinski definition) is 2. The molecule has 2 amide bonds. The van der Waals surface area contributed by atoms with Crippen molar-refractivity contribution in [2.24, 2.45) is 23.7 Å². The minimum absolute atomic E-state index is 0. The number of hydrogen-bond acceptors (Lipinski definition) is 7. The van der Waals surface area contributed by atoms with Crippen LogP contribution >= 0.6 is 0 Å². The number of benzene rings is 9. The first-order valence-corrected chi connectivity index (χ1v) is 33.0. The molecule has 12 heteroatoms. The predicted molar refractivity (Wildman–Crippen MR) is 378 cm³/mol. The Morgan fingerprint density at radius 2 is 1.01 bits per heavy atom. The Morgan fingerprint density at radius 1 is 0.559 bits per heavy atom.